The number of hydrogen-bond acceptors (Lipinski definition) is 7. The predicted molar refractivity (Wildman–Crippen MR) is 168 cm³/mol. The number of primary amides is 1. The first-order chi connectivity index (χ1) is 22.1. The number of esters is 1. The number of fused-ring (bicyclic) bond motifs is 1. The lowest BCUT2D eigenvalue weighted by Crippen LogP contribution is -2.81. The molecule has 0 aliphatic rings. The van der Waals surface area contributed by atoms with E-state index in [1.807, 2.05) is 42.3 Å². The van der Waals surface area contributed by atoms with E-state index >= 15 is 0 Å². The van der Waals surface area contributed by atoms with Gasteiger partial charge in [-0.25, -0.2) is 28.7 Å². The summed E-state index contributed by atoms with van der Waals surface area (Å²) >= 11 is 0. The molecule has 9 nitrogen and oxygen atoms in total. The largest absolute Gasteiger partial charge is 0.462 e. The smallest absolute Gasteiger partial charge is 0.343 e. The van der Waals surface area contributed by atoms with Gasteiger partial charge in [0.1, 0.15) is 28.7 Å². The summed E-state index contributed by atoms with van der Waals surface area (Å²) in [5.74, 6) is -1.39. The van der Waals surface area contributed by atoms with E-state index in [0.717, 1.165) is 17.7 Å². The summed E-state index contributed by atoms with van der Waals surface area (Å²) in [6, 6.07) is 19.9. The van der Waals surface area contributed by atoms with Gasteiger partial charge in [-0.3, -0.25) is 9.69 Å². The van der Waals surface area contributed by atoms with E-state index in [4.69, 9.17) is 9.47 Å². The molecule has 5 aromatic rings. The Morgan fingerprint density at radius 3 is 2.33 bits per heavy atom. The normalized spacial score (nSPS) is 11.2. The van der Waals surface area contributed by atoms with Gasteiger partial charge in [-0.2, -0.15) is 0 Å². The maximum Gasteiger partial charge on any atom is 0.343 e. The van der Waals surface area contributed by atoms with Crippen molar-refractivity contribution in [2.45, 2.75) is 33.5 Å². The number of rotatable bonds is 11. The van der Waals surface area contributed by atoms with Gasteiger partial charge in [0.05, 0.1) is 37.2 Å². The number of hydrogen-bond donors (Lipinski definition) is 1. The van der Waals surface area contributed by atoms with E-state index in [9.17, 15) is 23.2 Å². The summed E-state index contributed by atoms with van der Waals surface area (Å²) in [4.78, 5) is 44.9. The molecule has 1 amide bonds. The zero-order valence-corrected chi connectivity index (χ0v) is 25.6. The SMILES string of the molecule is CCOC(=O)c1cn(Cc2c(F)cccc2F)c2ccc(Oc3ccc([NH2+]C(C)=O)nc3)c(CN(C)Cc3ccccc3)c2c1=O. The molecule has 236 valence electrons. The molecule has 0 spiro atoms. The Morgan fingerprint density at radius 2 is 1.67 bits per heavy atom. The molecule has 3 aromatic carbocycles. The van der Waals surface area contributed by atoms with E-state index in [1.165, 1.54) is 35.3 Å². The Labute approximate surface area is 264 Å². The van der Waals surface area contributed by atoms with E-state index in [0.29, 0.717) is 34.9 Å². The minimum Gasteiger partial charge on any atom is -0.462 e. The van der Waals surface area contributed by atoms with Crippen molar-refractivity contribution < 1.29 is 33.2 Å². The van der Waals surface area contributed by atoms with Crippen LogP contribution in [0.2, 0.25) is 0 Å². The summed E-state index contributed by atoms with van der Waals surface area (Å²) in [5.41, 5.74) is 0.737. The molecule has 5 rings (SSSR count). The van der Waals surface area contributed by atoms with Gasteiger partial charge >= 0.3 is 11.9 Å². The van der Waals surface area contributed by atoms with E-state index in [-0.39, 0.29) is 42.1 Å². The highest BCUT2D eigenvalue weighted by atomic mass is 19.1. The Hall–Kier alpha value is -5.26. The molecule has 0 unspecified atom stereocenters. The van der Waals surface area contributed by atoms with Crippen molar-refractivity contribution in [2.24, 2.45) is 0 Å². The molecule has 0 aliphatic heterocycles. The Balaban J connectivity index is 1.69. The van der Waals surface area contributed by atoms with Crippen LogP contribution < -0.4 is 15.5 Å². The number of halogens is 2. The second-order valence-electron chi connectivity index (χ2n) is 10.8. The maximum atomic E-state index is 14.8. The minimum absolute atomic E-state index is 0.0259. The summed E-state index contributed by atoms with van der Waals surface area (Å²) in [6.45, 7) is 3.52. The third kappa shape index (κ3) is 7.33. The molecular weight excluding hydrogens is 594 g/mol. The standard InChI is InChI=1S/C35H32F2N4O5/c1-4-45-35(44)27-21-41(20-25-28(36)11-8-12-29(25)37)30-14-15-31(46-24-13-16-32(38-17-24)39-22(2)42)26(33(30)34(27)43)19-40(3)18-23-9-6-5-7-10-23/h5-17,21H,4,18-20H2,1-3H3,(H,38,39,42)/p+1. The van der Waals surface area contributed by atoms with Crippen molar-refractivity contribution in [3.05, 3.63) is 129 Å². The van der Waals surface area contributed by atoms with Gasteiger partial charge in [0.2, 0.25) is 11.2 Å². The van der Waals surface area contributed by atoms with Gasteiger partial charge in [-0.15, -0.1) is 0 Å². The van der Waals surface area contributed by atoms with Crippen LogP contribution in [0, 0.1) is 11.6 Å². The molecule has 0 aliphatic carbocycles. The van der Waals surface area contributed by atoms with Crippen molar-refractivity contribution in [2.75, 3.05) is 13.7 Å². The Kier molecular flexibility index (Phi) is 9.94. The molecule has 0 radical (unpaired) electrons. The van der Waals surface area contributed by atoms with Crippen molar-refractivity contribution in [3.8, 4) is 11.5 Å². The van der Waals surface area contributed by atoms with Gasteiger partial charge in [-0.1, -0.05) is 36.4 Å². The second-order valence-corrected chi connectivity index (χ2v) is 10.8. The highest BCUT2D eigenvalue weighted by Gasteiger charge is 2.23. The number of benzene rings is 3. The number of carbonyl (C=O) groups is 2. The third-order valence-corrected chi connectivity index (χ3v) is 7.26. The number of aromatic nitrogens is 2. The van der Waals surface area contributed by atoms with Crippen molar-refractivity contribution in [3.63, 3.8) is 0 Å². The second kappa shape index (κ2) is 14.2. The van der Waals surface area contributed by atoms with E-state index < -0.39 is 23.0 Å². The fourth-order valence-electron chi connectivity index (χ4n) is 5.21. The summed E-state index contributed by atoms with van der Waals surface area (Å²) in [7, 11) is 1.88. The van der Waals surface area contributed by atoms with Crippen LogP contribution in [0.4, 0.5) is 14.6 Å². The average Bonchev–Trinajstić information content (AvgIpc) is 3.02. The van der Waals surface area contributed by atoms with Crippen molar-refractivity contribution in [1.82, 2.24) is 14.5 Å². The monoisotopic (exact) mass is 627 g/mol. The molecule has 0 saturated carbocycles. The lowest BCUT2D eigenvalue weighted by Gasteiger charge is -2.22. The fourth-order valence-corrected chi connectivity index (χ4v) is 5.21. The lowest BCUT2D eigenvalue weighted by molar-refractivity contribution is -0.485. The molecular formula is C35H33F2N4O5+. The number of quaternary nitrogens is 1. The van der Waals surface area contributed by atoms with Gasteiger partial charge in [0, 0.05) is 36.5 Å². The van der Waals surface area contributed by atoms with Crippen molar-refractivity contribution in [1.29, 1.82) is 0 Å². The number of ether oxygens (including phenoxy) is 2. The molecule has 2 aromatic heterocycles. The number of pyridine rings is 2. The average molecular weight is 628 g/mol. The number of nitrogens with two attached hydrogens (primary N) is 1. The summed E-state index contributed by atoms with van der Waals surface area (Å²) in [6.07, 6.45) is 2.74. The first kappa shape index (κ1) is 32.1. The molecule has 46 heavy (non-hydrogen) atoms. The summed E-state index contributed by atoms with van der Waals surface area (Å²) in [5, 5.41) is 1.54. The first-order valence-electron chi connectivity index (χ1n) is 14.6. The minimum atomic E-state index is -0.853. The third-order valence-electron chi connectivity index (χ3n) is 7.26. The zero-order chi connectivity index (χ0) is 32.8. The van der Waals surface area contributed by atoms with Crippen LogP contribution in [0.15, 0.2) is 90.0 Å². The predicted octanol–water partition coefficient (Wildman–Crippen LogP) is 5.07. The molecule has 2 N–H and O–H groups in total. The molecule has 0 saturated heterocycles. The molecule has 2 heterocycles. The number of nitrogens with zero attached hydrogens (tertiary/aromatic N) is 3. The van der Waals surface area contributed by atoms with E-state index in [2.05, 4.69) is 4.98 Å². The quantitative estimate of drug-likeness (QED) is 0.204. The number of amides is 1. The lowest BCUT2D eigenvalue weighted by atomic mass is 10.0. The molecule has 0 bridgehead atoms. The zero-order valence-electron chi connectivity index (χ0n) is 25.6. The van der Waals surface area contributed by atoms with Crippen LogP contribution >= 0.6 is 0 Å². The van der Waals surface area contributed by atoms with Crippen LogP contribution in [-0.4, -0.2) is 40.0 Å². The maximum absolute atomic E-state index is 14.8. The molecule has 0 atom stereocenters. The number of carbonyl (C=O) groups excluding carboxylic acids is 2. The summed E-state index contributed by atoms with van der Waals surface area (Å²) < 4.78 is 42.5. The molecule has 0 fully saturated rings. The molecule has 11 heteroatoms. The van der Waals surface area contributed by atoms with Gasteiger partial charge in [0.15, 0.2) is 0 Å². The highest BCUT2D eigenvalue weighted by molar-refractivity contribution is 5.95. The van der Waals surface area contributed by atoms with Crippen LogP contribution in [0.5, 0.6) is 11.5 Å². The highest BCUT2D eigenvalue weighted by Crippen LogP contribution is 2.32. The van der Waals surface area contributed by atoms with Crippen LogP contribution in [-0.2, 0) is 29.2 Å². The topological polar surface area (TPSA) is 107 Å². The van der Waals surface area contributed by atoms with Gasteiger partial charge in [0.25, 0.3) is 0 Å². The van der Waals surface area contributed by atoms with E-state index in [1.54, 1.807) is 31.2 Å². The Morgan fingerprint density at radius 1 is 0.935 bits per heavy atom. The van der Waals surface area contributed by atoms with Crippen LogP contribution in [0.25, 0.3) is 10.9 Å². The fraction of sp³-hybridized carbons (Fsp3) is 0.200. The van der Waals surface area contributed by atoms with Crippen LogP contribution in [0.1, 0.15) is 40.9 Å². The van der Waals surface area contributed by atoms with Crippen LogP contribution in [0.3, 0.4) is 0 Å². The Bertz CT molecular complexity index is 1930. The van der Waals surface area contributed by atoms with Gasteiger partial charge in [-0.05, 0) is 49.9 Å². The van der Waals surface area contributed by atoms with Crippen molar-refractivity contribution >= 4 is 28.6 Å². The first-order valence-corrected chi connectivity index (χ1v) is 14.6. The van der Waals surface area contributed by atoms with Gasteiger partial charge < -0.3 is 14.0 Å².